The van der Waals surface area contributed by atoms with E-state index < -0.39 is 23.8 Å². The first kappa shape index (κ1) is 21.6. The number of amidine groups is 1. The monoisotopic (exact) mass is 422 g/mol. The molecule has 1 saturated heterocycles. The molecule has 1 aromatic carbocycles. The Bertz CT molecular complexity index is 838. The summed E-state index contributed by atoms with van der Waals surface area (Å²) < 4.78 is 14.9. The lowest BCUT2D eigenvalue weighted by Gasteiger charge is -2.38. The molecule has 3 rings (SSSR count). The van der Waals surface area contributed by atoms with Crippen LogP contribution in [0.4, 0.5) is 9.18 Å². The Morgan fingerprint density at radius 1 is 1.38 bits per heavy atom. The molecule has 2 atom stereocenters. The fourth-order valence-electron chi connectivity index (χ4n) is 4.57. The van der Waals surface area contributed by atoms with E-state index in [9.17, 15) is 14.0 Å². The standard InChI is InChI=1S/C21H28ClFN4O2/c1-12-5-7-14(23)16(17(12)22)18(21(2)9-3-4-10-21)26-19(28)13-6-8-15(24)27(11-13)20(25)29/h5,7,13,18,24H,3-4,6,8-11H2,1-2H3,(H2,25,29)(H,26,28). The molecule has 8 heteroatoms. The predicted octanol–water partition coefficient (Wildman–Crippen LogP) is 4.29. The molecular formula is C21H28ClFN4O2. The van der Waals surface area contributed by atoms with Gasteiger partial charge in [-0.05, 0) is 43.2 Å². The zero-order chi connectivity index (χ0) is 21.3. The second-order valence-electron chi connectivity index (χ2n) is 8.53. The molecule has 2 aliphatic rings. The van der Waals surface area contributed by atoms with Crippen LogP contribution in [0.15, 0.2) is 12.1 Å². The van der Waals surface area contributed by atoms with Crippen LogP contribution in [-0.2, 0) is 4.79 Å². The number of primary amides is 1. The number of hydrogen-bond donors (Lipinski definition) is 3. The Morgan fingerprint density at radius 3 is 2.66 bits per heavy atom. The second kappa shape index (κ2) is 8.30. The summed E-state index contributed by atoms with van der Waals surface area (Å²) in [6.45, 7) is 3.95. The van der Waals surface area contributed by atoms with Gasteiger partial charge in [-0.3, -0.25) is 15.1 Å². The highest BCUT2D eigenvalue weighted by atomic mass is 35.5. The highest BCUT2D eigenvalue weighted by Gasteiger charge is 2.42. The number of piperidine rings is 1. The molecule has 0 bridgehead atoms. The number of carbonyl (C=O) groups excluding carboxylic acids is 2. The third-order valence-electron chi connectivity index (χ3n) is 6.43. The summed E-state index contributed by atoms with van der Waals surface area (Å²) in [5.41, 5.74) is 6.12. The van der Waals surface area contributed by atoms with Crippen molar-refractivity contribution in [3.8, 4) is 0 Å². The minimum atomic E-state index is -0.737. The van der Waals surface area contributed by atoms with Crippen molar-refractivity contribution in [1.29, 1.82) is 5.41 Å². The van der Waals surface area contributed by atoms with E-state index in [1.807, 2.05) is 6.92 Å². The number of rotatable bonds is 4. The van der Waals surface area contributed by atoms with Gasteiger partial charge in [0, 0.05) is 18.5 Å². The van der Waals surface area contributed by atoms with Gasteiger partial charge in [0.15, 0.2) is 0 Å². The van der Waals surface area contributed by atoms with Gasteiger partial charge >= 0.3 is 6.03 Å². The van der Waals surface area contributed by atoms with Gasteiger partial charge < -0.3 is 11.1 Å². The number of carbonyl (C=O) groups is 2. The SMILES string of the molecule is Cc1ccc(F)c(C(NC(=O)C2CCC(=N)N(C(N)=O)C2)C2(C)CCCC2)c1Cl. The van der Waals surface area contributed by atoms with E-state index in [4.69, 9.17) is 22.7 Å². The summed E-state index contributed by atoms with van der Waals surface area (Å²) in [6, 6.07) is 1.73. The van der Waals surface area contributed by atoms with Gasteiger partial charge in [-0.15, -0.1) is 0 Å². The Balaban J connectivity index is 1.91. The molecule has 0 spiro atoms. The molecule has 0 aromatic heterocycles. The van der Waals surface area contributed by atoms with Gasteiger partial charge in [-0.2, -0.15) is 0 Å². The number of halogens is 2. The van der Waals surface area contributed by atoms with Crippen molar-refractivity contribution in [2.24, 2.45) is 17.1 Å². The number of aryl methyl sites for hydroxylation is 1. The van der Waals surface area contributed by atoms with Gasteiger partial charge in [0.05, 0.1) is 17.0 Å². The number of nitrogens with one attached hydrogen (secondary N) is 2. The summed E-state index contributed by atoms with van der Waals surface area (Å²) in [5, 5.41) is 11.3. The topological polar surface area (TPSA) is 99.3 Å². The summed E-state index contributed by atoms with van der Waals surface area (Å²) in [4.78, 5) is 25.8. The van der Waals surface area contributed by atoms with Crippen molar-refractivity contribution in [2.45, 2.75) is 58.4 Å². The highest BCUT2D eigenvalue weighted by molar-refractivity contribution is 6.32. The number of nitrogens with zero attached hydrogens (tertiary/aromatic N) is 1. The fraction of sp³-hybridized carbons (Fsp3) is 0.571. The van der Waals surface area contributed by atoms with E-state index in [0.717, 1.165) is 36.1 Å². The lowest BCUT2D eigenvalue weighted by Crippen LogP contribution is -2.51. The number of amides is 3. The number of hydrogen-bond acceptors (Lipinski definition) is 3. The van der Waals surface area contributed by atoms with E-state index in [2.05, 4.69) is 12.2 Å². The van der Waals surface area contributed by atoms with Crippen LogP contribution in [0.2, 0.25) is 5.02 Å². The molecule has 1 aromatic rings. The Morgan fingerprint density at radius 2 is 2.03 bits per heavy atom. The van der Waals surface area contributed by atoms with Crippen molar-refractivity contribution in [1.82, 2.24) is 10.2 Å². The molecule has 1 saturated carbocycles. The maximum absolute atomic E-state index is 14.9. The van der Waals surface area contributed by atoms with Crippen LogP contribution in [0, 0.1) is 29.5 Å². The molecule has 1 aliphatic heterocycles. The van der Waals surface area contributed by atoms with Crippen molar-refractivity contribution < 1.29 is 14.0 Å². The largest absolute Gasteiger partial charge is 0.351 e. The first-order chi connectivity index (χ1) is 13.6. The van der Waals surface area contributed by atoms with E-state index in [-0.39, 0.29) is 23.7 Å². The van der Waals surface area contributed by atoms with E-state index in [1.165, 1.54) is 6.07 Å². The lowest BCUT2D eigenvalue weighted by atomic mass is 9.76. The first-order valence-electron chi connectivity index (χ1n) is 10.0. The normalized spacial score (nSPS) is 22.4. The lowest BCUT2D eigenvalue weighted by molar-refractivity contribution is -0.127. The van der Waals surface area contributed by atoms with Crippen LogP contribution in [-0.4, -0.2) is 29.2 Å². The molecule has 6 nitrogen and oxygen atoms in total. The first-order valence-corrected chi connectivity index (χ1v) is 10.4. The third-order valence-corrected chi connectivity index (χ3v) is 6.93. The van der Waals surface area contributed by atoms with Gasteiger partial charge in [0.2, 0.25) is 5.91 Å². The Hall–Kier alpha value is -2.15. The molecule has 4 N–H and O–H groups in total. The fourth-order valence-corrected chi connectivity index (χ4v) is 4.84. The second-order valence-corrected chi connectivity index (χ2v) is 8.90. The zero-order valence-electron chi connectivity index (χ0n) is 16.9. The van der Waals surface area contributed by atoms with Crippen LogP contribution < -0.4 is 11.1 Å². The molecule has 0 radical (unpaired) electrons. The minimum absolute atomic E-state index is 0.0630. The summed E-state index contributed by atoms with van der Waals surface area (Å²) in [5.74, 6) is -1.08. The quantitative estimate of drug-likeness (QED) is 0.674. The molecular weight excluding hydrogens is 395 g/mol. The highest BCUT2D eigenvalue weighted by Crippen LogP contribution is 2.49. The van der Waals surface area contributed by atoms with E-state index in [1.54, 1.807) is 6.07 Å². The molecule has 2 unspecified atom stereocenters. The van der Waals surface area contributed by atoms with Gasteiger partial charge in [-0.25, -0.2) is 9.18 Å². The average Bonchev–Trinajstić information content (AvgIpc) is 3.11. The van der Waals surface area contributed by atoms with Crippen molar-refractivity contribution in [3.63, 3.8) is 0 Å². The molecule has 2 fully saturated rings. The van der Waals surface area contributed by atoms with Gasteiger partial charge in [-0.1, -0.05) is 37.4 Å². The zero-order valence-corrected chi connectivity index (χ0v) is 17.6. The average molecular weight is 423 g/mol. The Labute approximate surface area is 175 Å². The van der Waals surface area contributed by atoms with Crippen LogP contribution in [0.1, 0.15) is 62.6 Å². The summed E-state index contributed by atoms with van der Waals surface area (Å²) in [7, 11) is 0. The van der Waals surface area contributed by atoms with Crippen LogP contribution in [0.25, 0.3) is 0 Å². The number of urea groups is 1. The van der Waals surface area contributed by atoms with Gasteiger partial charge in [0.25, 0.3) is 0 Å². The predicted molar refractivity (Wildman–Crippen MR) is 110 cm³/mol. The van der Waals surface area contributed by atoms with Crippen LogP contribution >= 0.6 is 11.6 Å². The van der Waals surface area contributed by atoms with Crippen LogP contribution in [0.3, 0.4) is 0 Å². The minimum Gasteiger partial charge on any atom is -0.351 e. The van der Waals surface area contributed by atoms with E-state index >= 15 is 0 Å². The maximum atomic E-state index is 14.9. The van der Waals surface area contributed by atoms with Crippen molar-refractivity contribution in [2.75, 3.05) is 6.54 Å². The third kappa shape index (κ3) is 4.25. The Kier molecular flexibility index (Phi) is 6.17. The molecule has 29 heavy (non-hydrogen) atoms. The van der Waals surface area contributed by atoms with Crippen molar-refractivity contribution in [3.05, 3.63) is 34.1 Å². The maximum Gasteiger partial charge on any atom is 0.320 e. The number of benzene rings is 1. The molecule has 1 heterocycles. The summed E-state index contributed by atoms with van der Waals surface area (Å²) in [6.07, 6.45) is 4.51. The molecule has 158 valence electrons. The van der Waals surface area contributed by atoms with Crippen molar-refractivity contribution >= 4 is 29.4 Å². The molecule has 3 amide bonds. The van der Waals surface area contributed by atoms with Crippen LogP contribution in [0.5, 0.6) is 0 Å². The molecule has 1 aliphatic carbocycles. The van der Waals surface area contributed by atoms with E-state index in [0.29, 0.717) is 23.4 Å². The summed E-state index contributed by atoms with van der Waals surface area (Å²) >= 11 is 6.50. The number of nitrogens with two attached hydrogens (primary N) is 1. The smallest absolute Gasteiger partial charge is 0.320 e. The van der Waals surface area contributed by atoms with Gasteiger partial charge in [0.1, 0.15) is 11.7 Å². The number of likely N-dealkylation sites (tertiary alicyclic amines) is 1.